The average Bonchev–Trinajstić information content (AvgIpc) is 2.57. The number of ether oxygens (including phenoxy) is 2. The summed E-state index contributed by atoms with van der Waals surface area (Å²) in [7, 11) is 4.86. The van der Waals surface area contributed by atoms with Crippen molar-refractivity contribution < 1.29 is 19.1 Å². The number of aromatic nitrogens is 1. The van der Waals surface area contributed by atoms with E-state index in [9.17, 15) is 9.59 Å². The number of rotatable bonds is 8. The van der Waals surface area contributed by atoms with Crippen LogP contribution in [0.25, 0.3) is 0 Å². The number of nitrogens with one attached hydrogen (secondary N) is 1. The first-order chi connectivity index (χ1) is 11.5. The van der Waals surface area contributed by atoms with Crippen LogP contribution in [0.2, 0.25) is 0 Å². The van der Waals surface area contributed by atoms with Crippen molar-refractivity contribution in [3.63, 3.8) is 0 Å². The van der Waals surface area contributed by atoms with Gasteiger partial charge in [-0.05, 0) is 31.3 Å². The molecule has 1 atom stereocenters. The SMILES string of the molecule is CCOC(=O)C(/C=C/N/C(=C\N(C)C)C(=O)OC)c1ccccn1. The summed E-state index contributed by atoms with van der Waals surface area (Å²) in [5, 5.41) is 2.83. The second-order valence-electron chi connectivity index (χ2n) is 4.99. The van der Waals surface area contributed by atoms with Gasteiger partial charge in [-0.15, -0.1) is 0 Å². The van der Waals surface area contributed by atoms with Crippen LogP contribution in [0.3, 0.4) is 0 Å². The molecule has 1 heterocycles. The summed E-state index contributed by atoms with van der Waals surface area (Å²) in [5.74, 6) is -1.60. The van der Waals surface area contributed by atoms with E-state index in [1.54, 1.807) is 62.6 Å². The maximum absolute atomic E-state index is 12.1. The second-order valence-corrected chi connectivity index (χ2v) is 4.99. The number of carbonyl (C=O) groups excluding carboxylic acids is 2. The lowest BCUT2D eigenvalue weighted by Gasteiger charge is -2.12. The molecule has 0 aromatic carbocycles. The Hall–Kier alpha value is -2.83. The largest absolute Gasteiger partial charge is 0.465 e. The Kier molecular flexibility index (Phi) is 8.04. The monoisotopic (exact) mass is 333 g/mol. The number of methoxy groups -OCH3 is 1. The highest BCUT2D eigenvalue weighted by Crippen LogP contribution is 2.16. The Balaban J connectivity index is 2.95. The van der Waals surface area contributed by atoms with Crippen molar-refractivity contribution in [1.29, 1.82) is 0 Å². The van der Waals surface area contributed by atoms with Gasteiger partial charge >= 0.3 is 11.9 Å². The van der Waals surface area contributed by atoms with Crippen molar-refractivity contribution in [2.75, 3.05) is 27.8 Å². The molecule has 24 heavy (non-hydrogen) atoms. The zero-order valence-electron chi connectivity index (χ0n) is 14.4. The zero-order valence-corrected chi connectivity index (χ0v) is 14.4. The van der Waals surface area contributed by atoms with Crippen LogP contribution in [0.1, 0.15) is 18.5 Å². The van der Waals surface area contributed by atoms with Crippen LogP contribution < -0.4 is 5.32 Å². The Morgan fingerprint density at radius 1 is 1.38 bits per heavy atom. The van der Waals surface area contributed by atoms with E-state index in [2.05, 4.69) is 10.3 Å². The molecule has 1 N–H and O–H groups in total. The Morgan fingerprint density at radius 2 is 2.12 bits per heavy atom. The normalized spacial score (nSPS) is 12.6. The fourth-order valence-corrected chi connectivity index (χ4v) is 1.84. The minimum Gasteiger partial charge on any atom is -0.465 e. The lowest BCUT2D eigenvalue weighted by Crippen LogP contribution is -2.21. The van der Waals surface area contributed by atoms with Gasteiger partial charge in [-0.2, -0.15) is 0 Å². The molecule has 0 aliphatic rings. The van der Waals surface area contributed by atoms with Gasteiger partial charge in [0, 0.05) is 26.5 Å². The summed E-state index contributed by atoms with van der Waals surface area (Å²) in [4.78, 5) is 29.7. The lowest BCUT2D eigenvalue weighted by molar-refractivity contribution is -0.143. The molecule has 0 fully saturated rings. The summed E-state index contributed by atoms with van der Waals surface area (Å²) in [5.41, 5.74) is 0.799. The first kappa shape index (κ1) is 19.2. The third-order valence-electron chi connectivity index (χ3n) is 2.87. The van der Waals surface area contributed by atoms with Gasteiger partial charge in [0.15, 0.2) is 0 Å². The van der Waals surface area contributed by atoms with Crippen molar-refractivity contribution in [2.45, 2.75) is 12.8 Å². The quantitative estimate of drug-likeness (QED) is 0.569. The highest BCUT2D eigenvalue weighted by atomic mass is 16.5. The topological polar surface area (TPSA) is 80.8 Å². The van der Waals surface area contributed by atoms with Crippen LogP contribution in [-0.2, 0) is 19.1 Å². The summed E-state index contributed by atoms with van der Waals surface area (Å²) in [6.07, 6.45) is 6.28. The van der Waals surface area contributed by atoms with Gasteiger partial charge in [0.05, 0.1) is 19.4 Å². The number of nitrogens with zero attached hydrogens (tertiary/aromatic N) is 2. The van der Waals surface area contributed by atoms with Crippen LogP contribution in [-0.4, -0.2) is 49.6 Å². The molecule has 0 saturated carbocycles. The number of hydrogen-bond acceptors (Lipinski definition) is 7. The molecule has 0 bridgehead atoms. The molecule has 0 radical (unpaired) electrons. The van der Waals surface area contributed by atoms with Crippen molar-refractivity contribution in [1.82, 2.24) is 15.2 Å². The standard InChI is InChI=1S/C17H23N3O4/c1-5-24-16(21)13(14-8-6-7-10-18-14)9-11-19-15(12-20(2)3)17(22)23-4/h6-13,19H,5H2,1-4H3/b11-9+,15-12-. The molecule has 0 aliphatic heterocycles. The van der Waals surface area contributed by atoms with Crippen molar-refractivity contribution >= 4 is 11.9 Å². The second kappa shape index (κ2) is 10.0. The van der Waals surface area contributed by atoms with Gasteiger partial charge in [-0.25, -0.2) is 4.79 Å². The molecule has 0 aliphatic carbocycles. The van der Waals surface area contributed by atoms with E-state index in [0.717, 1.165) is 0 Å². The fourth-order valence-electron chi connectivity index (χ4n) is 1.84. The molecule has 7 heteroatoms. The van der Waals surface area contributed by atoms with Crippen LogP contribution in [0, 0.1) is 0 Å². The van der Waals surface area contributed by atoms with Gasteiger partial charge in [0.25, 0.3) is 0 Å². The van der Waals surface area contributed by atoms with E-state index in [4.69, 9.17) is 9.47 Å². The highest BCUT2D eigenvalue weighted by Gasteiger charge is 2.20. The highest BCUT2D eigenvalue weighted by molar-refractivity contribution is 5.87. The van der Waals surface area contributed by atoms with Crippen molar-refractivity contribution in [3.05, 3.63) is 54.3 Å². The van der Waals surface area contributed by atoms with E-state index >= 15 is 0 Å². The maximum Gasteiger partial charge on any atom is 0.355 e. The van der Waals surface area contributed by atoms with E-state index in [1.165, 1.54) is 13.3 Å². The number of hydrogen-bond donors (Lipinski definition) is 1. The molecular weight excluding hydrogens is 310 g/mol. The Morgan fingerprint density at radius 3 is 2.67 bits per heavy atom. The third kappa shape index (κ3) is 6.12. The summed E-state index contributed by atoms with van der Waals surface area (Å²) < 4.78 is 9.78. The van der Waals surface area contributed by atoms with Gasteiger partial charge in [0.1, 0.15) is 11.6 Å². The number of pyridine rings is 1. The molecule has 130 valence electrons. The van der Waals surface area contributed by atoms with Crippen LogP contribution in [0.4, 0.5) is 0 Å². The predicted molar refractivity (Wildman–Crippen MR) is 89.7 cm³/mol. The Bertz CT molecular complexity index is 597. The van der Waals surface area contributed by atoms with E-state index < -0.39 is 17.9 Å². The molecule has 1 aromatic rings. The predicted octanol–water partition coefficient (Wildman–Crippen LogP) is 1.41. The average molecular weight is 333 g/mol. The minimum atomic E-state index is -0.670. The Labute approximate surface area is 142 Å². The third-order valence-corrected chi connectivity index (χ3v) is 2.87. The molecule has 0 amide bonds. The van der Waals surface area contributed by atoms with Gasteiger partial charge in [-0.3, -0.25) is 9.78 Å². The first-order valence-corrected chi connectivity index (χ1v) is 7.47. The maximum atomic E-state index is 12.1. The van der Waals surface area contributed by atoms with Crippen LogP contribution >= 0.6 is 0 Å². The molecule has 1 unspecified atom stereocenters. The minimum absolute atomic E-state index is 0.238. The van der Waals surface area contributed by atoms with Gasteiger partial charge in [0.2, 0.25) is 0 Å². The number of carbonyl (C=O) groups is 2. The molecule has 1 rings (SSSR count). The van der Waals surface area contributed by atoms with Gasteiger partial charge < -0.3 is 19.7 Å². The molecule has 7 nitrogen and oxygen atoms in total. The summed E-state index contributed by atoms with van der Waals surface area (Å²) in [6, 6.07) is 5.30. The number of esters is 2. The first-order valence-electron chi connectivity index (χ1n) is 7.47. The van der Waals surface area contributed by atoms with Crippen LogP contribution in [0.5, 0.6) is 0 Å². The van der Waals surface area contributed by atoms with Crippen LogP contribution in [0.15, 0.2) is 48.6 Å². The van der Waals surface area contributed by atoms with Crippen molar-refractivity contribution in [2.24, 2.45) is 0 Å². The van der Waals surface area contributed by atoms with E-state index in [-0.39, 0.29) is 12.3 Å². The van der Waals surface area contributed by atoms with Gasteiger partial charge in [-0.1, -0.05) is 6.07 Å². The molecule has 0 saturated heterocycles. The molecule has 0 spiro atoms. The summed E-state index contributed by atoms with van der Waals surface area (Å²) >= 11 is 0. The fraction of sp³-hybridized carbons (Fsp3) is 0.353. The molecular formula is C17H23N3O4. The lowest BCUT2D eigenvalue weighted by atomic mass is 10.1. The smallest absolute Gasteiger partial charge is 0.355 e. The van der Waals surface area contributed by atoms with E-state index in [0.29, 0.717) is 5.69 Å². The molecule has 1 aromatic heterocycles. The summed E-state index contributed by atoms with van der Waals surface area (Å²) in [6.45, 7) is 2.02. The van der Waals surface area contributed by atoms with Crippen molar-refractivity contribution in [3.8, 4) is 0 Å². The van der Waals surface area contributed by atoms with E-state index in [1.807, 2.05) is 0 Å². The zero-order chi connectivity index (χ0) is 17.9.